The molecule has 9 nitrogen and oxygen atoms in total. The molecule has 0 aliphatic heterocycles. The molecule has 9 heteroatoms. The molecule has 0 heterocycles. The summed E-state index contributed by atoms with van der Waals surface area (Å²) in [4.78, 5) is 54.3. The van der Waals surface area contributed by atoms with Crippen molar-refractivity contribution in [2.24, 2.45) is 5.92 Å². The summed E-state index contributed by atoms with van der Waals surface area (Å²) in [6, 6.07) is 3.94. The molecule has 0 fully saturated rings. The molecule has 0 saturated carbocycles. The average Bonchev–Trinajstić information content (AvgIpc) is 2.86. The largest absolute Gasteiger partial charge is 0.466 e. The Morgan fingerprint density at radius 1 is 1.02 bits per heavy atom. The van der Waals surface area contributed by atoms with Gasteiger partial charge in [0.1, 0.15) is 17.7 Å². The van der Waals surface area contributed by atoms with E-state index in [1.165, 1.54) is 0 Å². The van der Waals surface area contributed by atoms with Gasteiger partial charge in [0.15, 0.2) is 0 Å². The maximum Gasteiger partial charge on any atom is 0.408 e. The van der Waals surface area contributed by atoms with Gasteiger partial charge >= 0.3 is 12.1 Å². The molecule has 0 aliphatic rings. The van der Waals surface area contributed by atoms with Crippen LogP contribution >= 0.6 is 0 Å². The lowest BCUT2D eigenvalue weighted by Crippen LogP contribution is -2.55. The molecule has 226 valence electrons. The predicted molar refractivity (Wildman–Crippen MR) is 157 cm³/mol. The Morgan fingerprint density at radius 3 is 2.25 bits per heavy atom. The lowest BCUT2D eigenvalue weighted by atomic mass is 9.93. The Hall–Kier alpha value is -3.10. The number of hydrogen-bond acceptors (Lipinski definition) is 6. The molecule has 3 unspecified atom stereocenters. The summed E-state index contributed by atoms with van der Waals surface area (Å²) in [6.07, 6.45) is 2.49. The van der Waals surface area contributed by atoms with Crippen LogP contribution < -0.4 is 10.6 Å². The highest BCUT2D eigenvalue weighted by Crippen LogP contribution is 2.28. The predicted octanol–water partition coefficient (Wildman–Crippen LogP) is 5.37. The average molecular weight is 562 g/mol. The first kappa shape index (κ1) is 34.9. The summed E-state index contributed by atoms with van der Waals surface area (Å²) in [5.41, 5.74) is 1.88. The third-order valence-electron chi connectivity index (χ3n) is 6.65. The first-order valence-corrected chi connectivity index (χ1v) is 14.6. The van der Waals surface area contributed by atoms with E-state index in [9.17, 15) is 19.2 Å². The van der Waals surface area contributed by atoms with Crippen LogP contribution in [0.2, 0.25) is 0 Å². The number of alkyl carbamates (subject to hydrolysis) is 1. The minimum atomic E-state index is -0.945. The first-order chi connectivity index (χ1) is 18.7. The van der Waals surface area contributed by atoms with Crippen LogP contribution in [-0.2, 0) is 23.9 Å². The summed E-state index contributed by atoms with van der Waals surface area (Å²) in [5, 5.41) is 5.64. The minimum Gasteiger partial charge on any atom is -0.466 e. The van der Waals surface area contributed by atoms with E-state index in [1.807, 2.05) is 45.9 Å². The summed E-state index contributed by atoms with van der Waals surface area (Å²) in [6.45, 7) is 17.5. The Kier molecular flexibility index (Phi) is 14.7. The number of rotatable bonds is 15. The number of hydrogen-bond donors (Lipinski definition) is 2. The highest BCUT2D eigenvalue weighted by Gasteiger charge is 2.38. The second-order valence-electron chi connectivity index (χ2n) is 11.4. The quantitative estimate of drug-likeness (QED) is 0.220. The van der Waals surface area contributed by atoms with Gasteiger partial charge in [-0.15, -0.1) is 0 Å². The molecule has 0 aliphatic carbocycles. The van der Waals surface area contributed by atoms with Crippen LogP contribution in [0.4, 0.5) is 4.79 Å². The Labute approximate surface area is 240 Å². The Balaban J connectivity index is 3.52. The van der Waals surface area contributed by atoms with Crippen LogP contribution in [-0.4, -0.2) is 60.1 Å². The summed E-state index contributed by atoms with van der Waals surface area (Å²) in [7, 11) is 0. The van der Waals surface area contributed by atoms with Crippen LogP contribution in [0.25, 0.3) is 0 Å². The first-order valence-electron chi connectivity index (χ1n) is 14.6. The highest BCUT2D eigenvalue weighted by molar-refractivity contribution is 5.92. The van der Waals surface area contributed by atoms with Gasteiger partial charge in [0.05, 0.1) is 13.0 Å². The number of ether oxygens (including phenoxy) is 2. The molecule has 1 rings (SSSR count). The van der Waals surface area contributed by atoms with Gasteiger partial charge in [0.2, 0.25) is 11.8 Å². The van der Waals surface area contributed by atoms with E-state index in [4.69, 9.17) is 9.47 Å². The molecule has 3 atom stereocenters. The van der Waals surface area contributed by atoms with Gasteiger partial charge in [-0.1, -0.05) is 63.8 Å². The second kappa shape index (κ2) is 16.9. The van der Waals surface area contributed by atoms with E-state index in [-0.39, 0.29) is 37.3 Å². The van der Waals surface area contributed by atoms with Crippen molar-refractivity contribution in [1.82, 2.24) is 15.5 Å². The van der Waals surface area contributed by atoms with E-state index in [1.54, 1.807) is 32.6 Å². The smallest absolute Gasteiger partial charge is 0.408 e. The molecule has 3 amide bonds. The molecule has 40 heavy (non-hydrogen) atoms. The fraction of sp³-hybridized carbons (Fsp3) is 0.677. The standard InChI is InChI=1S/C31H51N3O6/c1-10-13-14-19-34(29(37)26(22(5)11-2)33-30(38)40-31(7,8)9)27(24-16-15-21(4)20-23(24)6)28(36)32-18-17-25(35)39-12-3/h15-16,20,22,26-27H,10-14,17-19H2,1-9H3,(H,32,36)(H,33,38). The van der Waals surface area contributed by atoms with E-state index >= 15 is 0 Å². The molecule has 2 N–H and O–H groups in total. The van der Waals surface area contributed by atoms with Crippen molar-refractivity contribution >= 4 is 23.9 Å². The molecule has 1 aromatic rings. The zero-order valence-corrected chi connectivity index (χ0v) is 26.0. The number of amides is 3. The van der Waals surface area contributed by atoms with E-state index in [0.717, 1.165) is 24.0 Å². The van der Waals surface area contributed by atoms with Crippen LogP contribution in [0, 0.1) is 19.8 Å². The van der Waals surface area contributed by atoms with Crippen LogP contribution in [0.3, 0.4) is 0 Å². The van der Waals surface area contributed by atoms with Gasteiger partial charge in [-0.3, -0.25) is 14.4 Å². The SMILES string of the molecule is CCCCCN(C(=O)C(NC(=O)OC(C)(C)C)C(C)CC)C(C(=O)NCCC(=O)OCC)c1ccc(C)cc1C. The molecular formula is C31H51N3O6. The monoisotopic (exact) mass is 561 g/mol. The number of unbranched alkanes of at least 4 members (excludes halogenated alkanes) is 2. The number of carbonyl (C=O) groups is 4. The number of nitrogens with zero attached hydrogens (tertiary/aromatic N) is 1. The van der Waals surface area contributed by atoms with Gasteiger partial charge in [0.25, 0.3) is 0 Å². The number of nitrogens with one attached hydrogen (secondary N) is 2. The molecular weight excluding hydrogens is 510 g/mol. The number of carbonyl (C=O) groups excluding carboxylic acids is 4. The van der Waals surface area contributed by atoms with E-state index < -0.39 is 29.7 Å². The van der Waals surface area contributed by atoms with Gasteiger partial charge in [-0.05, 0) is 65.0 Å². The maximum atomic E-state index is 14.3. The molecule has 0 saturated heterocycles. The van der Waals surface area contributed by atoms with Gasteiger partial charge in [-0.25, -0.2) is 4.79 Å². The van der Waals surface area contributed by atoms with E-state index in [2.05, 4.69) is 17.6 Å². The third-order valence-corrected chi connectivity index (χ3v) is 6.65. The van der Waals surface area contributed by atoms with Crippen LogP contribution in [0.5, 0.6) is 0 Å². The molecule has 0 bridgehead atoms. The summed E-state index contributed by atoms with van der Waals surface area (Å²) >= 11 is 0. The third kappa shape index (κ3) is 11.6. The Morgan fingerprint density at radius 2 is 1.70 bits per heavy atom. The van der Waals surface area contributed by atoms with E-state index in [0.29, 0.717) is 24.9 Å². The van der Waals surface area contributed by atoms with Crippen molar-refractivity contribution < 1.29 is 28.7 Å². The Bertz CT molecular complexity index is 988. The fourth-order valence-electron chi connectivity index (χ4n) is 4.40. The maximum absolute atomic E-state index is 14.3. The molecule has 1 aromatic carbocycles. The second-order valence-corrected chi connectivity index (χ2v) is 11.4. The molecule has 0 spiro atoms. The zero-order valence-electron chi connectivity index (χ0n) is 26.0. The lowest BCUT2D eigenvalue weighted by molar-refractivity contribution is -0.145. The van der Waals surface area contributed by atoms with Crippen molar-refractivity contribution in [3.05, 3.63) is 34.9 Å². The van der Waals surface area contributed by atoms with Crippen molar-refractivity contribution in [2.45, 2.75) is 112 Å². The highest BCUT2D eigenvalue weighted by atomic mass is 16.6. The van der Waals surface area contributed by atoms with Crippen molar-refractivity contribution in [2.75, 3.05) is 19.7 Å². The van der Waals surface area contributed by atoms with Crippen molar-refractivity contribution in [3.63, 3.8) is 0 Å². The number of esters is 1. The summed E-state index contributed by atoms with van der Waals surface area (Å²) in [5.74, 6) is -1.34. The topological polar surface area (TPSA) is 114 Å². The minimum absolute atomic E-state index is 0.0264. The number of aryl methyl sites for hydroxylation is 2. The molecule has 0 radical (unpaired) electrons. The van der Waals surface area contributed by atoms with Crippen LogP contribution in [0.15, 0.2) is 18.2 Å². The van der Waals surface area contributed by atoms with Crippen LogP contribution in [0.1, 0.15) is 103 Å². The van der Waals surface area contributed by atoms with Crippen molar-refractivity contribution in [1.29, 1.82) is 0 Å². The zero-order chi connectivity index (χ0) is 30.5. The van der Waals surface area contributed by atoms with Crippen molar-refractivity contribution in [3.8, 4) is 0 Å². The normalized spacial score (nSPS) is 13.5. The van der Waals surface area contributed by atoms with Gasteiger partial charge in [0, 0.05) is 13.1 Å². The lowest BCUT2D eigenvalue weighted by Gasteiger charge is -2.36. The summed E-state index contributed by atoms with van der Waals surface area (Å²) < 4.78 is 10.5. The van der Waals surface area contributed by atoms with Gasteiger partial charge in [-0.2, -0.15) is 0 Å². The van der Waals surface area contributed by atoms with Gasteiger partial charge < -0.3 is 25.0 Å². The fourth-order valence-corrected chi connectivity index (χ4v) is 4.40. The molecule has 0 aromatic heterocycles. The number of benzene rings is 1.